The lowest BCUT2D eigenvalue weighted by atomic mass is 9.97. The van der Waals surface area contributed by atoms with Crippen LogP contribution >= 0.6 is 0 Å². The Morgan fingerprint density at radius 1 is 1.00 bits per heavy atom. The van der Waals surface area contributed by atoms with Gasteiger partial charge in [-0.3, -0.25) is 14.5 Å². The summed E-state index contributed by atoms with van der Waals surface area (Å²) in [6, 6.07) is 16.1. The Morgan fingerprint density at radius 2 is 1.67 bits per heavy atom. The molecule has 2 heterocycles. The van der Waals surface area contributed by atoms with Gasteiger partial charge in [-0.1, -0.05) is 66.1 Å². The molecule has 2 aliphatic rings. The highest BCUT2D eigenvalue weighted by atomic mass is 16.5. The van der Waals surface area contributed by atoms with Crippen molar-refractivity contribution in [1.29, 1.82) is 0 Å². The summed E-state index contributed by atoms with van der Waals surface area (Å²) in [5.74, 6) is -0.316. The van der Waals surface area contributed by atoms with E-state index >= 15 is 0 Å². The zero-order chi connectivity index (χ0) is 23.4. The summed E-state index contributed by atoms with van der Waals surface area (Å²) in [6.45, 7) is 7.16. The van der Waals surface area contributed by atoms with E-state index in [1.807, 2.05) is 11.8 Å². The van der Waals surface area contributed by atoms with E-state index in [9.17, 15) is 9.59 Å². The molecule has 0 saturated carbocycles. The van der Waals surface area contributed by atoms with Crippen molar-refractivity contribution in [3.05, 3.63) is 70.8 Å². The van der Waals surface area contributed by atoms with Gasteiger partial charge in [-0.2, -0.15) is 5.10 Å². The Labute approximate surface area is 196 Å². The second-order valence-electron chi connectivity index (χ2n) is 9.02. The zero-order valence-corrected chi connectivity index (χ0v) is 19.8. The predicted molar refractivity (Wildman–Crippen MR) is 129 cm³/mol. The van der Waals surface area contributed by atoms with Crippen molar-refractivity contribution in [2.45, 2.75) is 58.5 Å². The number of amides is 1. The quantitative estimate of drug-likeness (QED) is 0.616. The first-order chi connectivity index (χ1) is 16.0. The average Bonchev–Trinajstić information content (AvgIpc) is 3.26. The number of piperidine rings is 1. The lowest BCUT2D eigenvalue weighted by Crippen LogP contribution is -2.49. The topological polar surface area (TPSA) is 62.2 Å². The van der Waals surface area contributed by atoms with Crippen molar-refractivity contribution in [1.82, 2.24) is 9.91 Å². The minimum Gasteiger partial charge on any atom is -0.465 e. The van der Waals surface area contributed by atoms with Crippen molar-refractivity contribution >= 4 is 17.6 Å². The number of nitrogens with zero attached hydrogens (tertiary/aromatic N) is 3. The second-order valence-corrected chi connectivity index (χ2v) is 9.02. The summed E-state index contributed by atoms with van der Waals surface area (Å²) in [6.07, 6.45) is 3.34. The number of esters is 1. The number of carbonyl (C=O) groups excluding carboxylic acids is 2. The largest absolute Gasteiger partial charge is 0.465 e. The molecule has 2 aromatic carbocycles. The third-order valence-corrected chi connectivity index (χ3v) is 6.52. The van der Waals surface area contributed by atoms with E-state index in [-0.39, 0.29) is 30.5 Å². The van der Waals surface area contributed by atoms with Crippen LogP contribution in [0, 0.1) is 13.8 Å². The van der Waals surface area contributed by atoms with Gasteiger partial charge in [0.05, 0.1) is 24.9 Å². The minimum atomic E-state index is -0.358. The lowest BCUT2D eigenvalue weighted by Gasteiger charge is -2.34. The molecule has 6 nitrogen and oxygen atoms in total. The van der Waals surface area contributed by atoms with E-state index in [2.05, 4.69) is 62.4 Å². The fraction of sp³-hybridized carbons (Fsp3) is 0.444. The molecule has 174 valence electrons. The van der Waals surface area contributed by atoms with E-state index in [4.69, 9.17) is 9.84 Å². The van der Waals surface area contributed by atoms with Crippen molar-refractivity contribution in [3.8, 4) is 0 Å². The number of rotatable bonds is 6. The van der Waals surface area contributed by atoms with Crippen LogP contribution in [0.2, 0.25) is 0 Å². The summed E-state index contributed by atoms with van der Waals surface area (Å²) in [5, 5.41) is 6.43. The van der Waals surface area contributed by atoms with Crippen LogP contribution in [0.25, 0.3) is 0 Å². The number of likely N-dealkylation sites (tertiary alicyclic amines) is 1. The van der Waals surface area contributed by atoms with Crippen molar-refractivity contribution in [2.24, 2.45) is 5.10 Å². The van der Waals surface area contributed by atoms with Gasteiger partial charge in [-0.25, -0.2) is 5.01 Å². The van der Waals surface area contributed by atoms with Crippen LogP contribution in [-0.4, -0.2) is 53.2 Å². The SMILES string of the molecule is CCOC(=O)C1CCCCN1CC(=O)N1N=C(c2ccc(C)cc2)CC1c1ccc(C)cc1. The van der Waals surface area contributed by atoms with Gasteiger partial charge in [0, 0.05) is 6.42 Å². The molecule has 2 aliphatic heterocycles. The summed E-state index contributed by atoms with van der Waals surface area (Å²) in [7, 11) is 0. The average molecular weight is 448 g/mol. The normalized spacial score (nSPS) is 21.1. The maximum atomic E-state index is 13.5. The molecule has 2 aromatic rings. The van der Waals surface area contributed by atoms with Crippen molar-refractivity contribution in [2.75, 3.05) is 19.7 Å². The standard InChI is InChI=1S/C27H33N3O3/c1-4-33-27(32)24-7-5-6-16-29(24)18-26(31)30-25(22-14-10-20(3)11-15-22)17-23(28-30)21-12-8-19(2)9-13-21/h8-15,24-25H,4-7,16-18H2,1-3H3. The summed E-state index contributed by atoms with van der Waals surface area (Å²) >= 11 is 0. The molecule has 0 N–H and O–H groups in total. The molecular formula is C27H33N3O3. The summed E-state index contributed by atoms with van der Waals surface area (Å²) < 4.78 is 5.27. The van der Waals surface area contributed by atoms with Crippen LogP contribution in [0.4, 0.5) is 0 Å². The summed E-state index contributed by atoms with van der Waals surface area (Å²) in [4.78, 5) is 28.0. The molecule has 0 aliphatic carbocycles. The molecule has 1 amide bonds. The number of carbonyl (C=O) groups is 2. The second kappa shape index (κ2) is 10.3. The van der Waals surface area contributed by atoms with E-state index in [1.54, 1.807) is 5.01 Å². The van der Waals surface area contributed by atoms with Gasteiger partial charge in [0.25, 0.3) is 5.91 Å². The summed E-state index contributed by atoms with van der Waals surface area (Å²) in [5.41, 5.74) is 5.39. The Kier molecular flexibility index (Phi) is 7.23. The van der Waals surface area contributed by atoms with Gasteiger partial charge < -0.3 is 4.74 Å². The Hall–Kier alpha value is -2.99. The van der Waals surface area contributed by atoms with Gasteiger partial charge in [-0.05, 0) is 51.3 Å². The fourth-order valence-electron chi connectivity index (χ4n) is 4.64. The van der Waals surface area contributed by atoms with Crippen LogP contribution in [0.15, 0.2) is 53.6 Å². The highest BCUT2D eigenvalue weighted by Crippen LogP contribution is 2.33. The number of ether oxygens (including phenoxy) is 1. The predicted octanol–water partition coefficient (Wildman–Crippen LogP) is 4.40. The van der Waals surface area contributed by atoms with Gasteiger partial charge in [-0.15, -0.1) is 0 Å². The lowest BCUT2D eigenvalue weighted by molar-refractivity contribution is -0.152. The molecule has 0 bridgehead atoms. The molecule has 2 atom stereocenters. The van der Waals surface area contributed by atoms with E-state index in [0.29, 0.717) is 19.6 Å². The van der Waals surface area contributed by atoms with E-state index < -0.39 is 0 Å². The third-order valence-electron chi connectivity index (χ3n) is 6.52. The number of benzene rings is 2. The molecule has 4 rings (SSSR count). The molecular weight excluding hydrogens is 414 g/mol. The van der Waals surface area contributed by atoms with Gasteiger partial charge in [0.2, 0.25) is 0 Å². The highest BCUT2D eigenvalue weighted by Gasteiger charge is 2.37. The maximum absolute atomic E-state index is 13.5. The van der Waals surface area contributed by atoms with E-state index in [0.717, 1.165) is 36.1 Å². The fourth-order valence-corrected chi connectivity index (χ4v) is 4.64. The van der Waals surface area contributed by atoms with Gasteiger partial charge in [0.1, 0.15) is 6.04 Å². The molecule has 0 radical (unpaired) electrons. The van der Waals surface area contributed by atoms with Crippen LogP contribution in [-0.2, 0) is 14.3 Å². The van der Waals surface area contributed by atoms with Crippen LogP contribution in [0.3, 0.4) is 0 Å². The number of hydrogen-bond donors (Lipinski definition) is 0. The number of hydrogen-bond acceptors (Lipinski definition) is 5. The van der Waals surface area contributed by atoms with Crippen LogP contribution in [0.5, 0.6) is 0 Å². The molecule has 1 saturated heterocycles. The molecule has 0 spiro atoms. The van der Waals surface area contributed by atoms with E-state index in [1.165, 1.54) is 11.1 Å². The van der Waals surface area contributed by atoms with Gasteiger partial charge >= 0.3 is 5.97 Å². The zero-order valence-electron chi connectivity index (χ0n) is 19.8. The molecule has 33 heavy (non-hydrogen) atoms. The Balaban J connectivity index is 1.59. The molecule has 6 heteroatoms. The first-order valence-corrected chi connectivity index (χ1v) is 11.9. The van der Waals surface area contributed by atoms with Gasteiger partial charge in [0.15, 0.2) is 0 Å². The van der Waals surface area contributed by atoms with Crippen LogP contribution in [0.1, 0.15) is 60.9 Å². The minimum absolute atomic E-state index is 0.0844. The van der Waals surface area contributed by atoms with Crippen molar-refractivity contribution < 1.29 is 14.3 Å². The number of hydrazone groups is 1. The smallest absolute Gasteiger partial charge is 0.323 e. The first-order valence-electron chi connectivity index (χ1n) is 11.9. The molecule has 2 unspecified atom stereocenters. The number of aryl methyl sites for hydroxylation is 2. The Morgan fingerprint density at radius 3 is 2.33 bits per heavy atom. The Bertz CT molecular complexity index is 1010. The monoisotopic (exact) mass is 447 g/mol. The third kappa shape index (κ3) is 5.33. The first kappa shape index (κ1) is 23.2. The maximum Gasteiger partial charge on any atom is 0.323 e. The highest BCUT2D eigenvalue weighted by molar-refractivity contribution is 6.03. The van der Waals surface area contributed by atoms with Crippen LogP contribution < -0.4 is 0 Å². The molecule has 0 aromatic heterocycles. The molecule has 1 fully saturated rings. The van der Waals surface area contributed by atoms with Crippen molar-refractivity contribution in [3.63, 3.8) is 0 Å².